The van der Waals surface area contributed by atoms with E-state index in [1.807, 2.05) is 38.1 Å². The van der Waals surface area contributed by atoms with E-state index in [-0.39, 0.29) is 36.3 Å². The third-order valence-electron chi connectivity index (χ3n) is 4.01. The van der Waals surface area contributed by atoms with Crippen LogP contribution in [0.4, 0.5) is 0 Å². The summed E-state index contributed by atoms with van der Waals surface area (Å²) < 4.78 is 32.0. The van der Waals surface area contributed by atoms with Crippen molar-refractivity contribution in [3.8, 4) is 5.75 Å². The number of nitrogens with one attached hydrogen (secondary N) is 2. The molecule has 1 aliphatic rings. The van der Waals surface area contributed by atoms with E-state index in [1.165, 1.54) is 5.56 Å². The molecule has 0 spiro atoms. The number of sulfonamides is 1. The van der Waals surface area contributed by atoms with E-state index in [2.05, 4.69) is 15.6 Å². The van der Waals surface area contributed by atoms with Crippen LogP contribution >= 0.6 is 35.7 Å². The highest BCUT2D eigenvalue weighted by Crippen LogP contribution is 2.13. The van der Waals surface area contributed by atoms with Gasteiger partial charge < -0.3 is 15.4 Å². The maximum absolute atomic E-state index is 12.4. The minimum atomic E-state index is -3.23. The Kier molecular flexibility index (Phi) is 12.2. The Morgan fingerprint density at radius 2 is 1.89 bits per heavy atom. The van der Waals surface area contributed by atoms with Gasteiger partial charge in [0.1, 0.15) is 12.4 Å². The SMILES string of the molecule is CCNC(=NCCS(=O)(=O)N1CCSCC1)NCCOc1ccc(C)cc1.I. The highest BCUT2D eigenvalue weighted by atomic mass is 127. The van der Waals surface area contributed by atoms with Gasteiger partial charge in [0.05, 0.1) is 18.8 Å². The first-order valence-corrected chi connectivity index (χ1v) is 12.0. The van der Waals surface area contributed by atoms with E-state index in [1.54, 1.807) is 16.1 Å². The summed E-state index contributed by atoms with van der Waals surface area (Å²) in [5.74, 6) is 3.21. The summed E-state index contributed by atoms with van der Waals surface area (Å²) >= 11 is 1.79. The maximum atomic E-state index is 12.4. The maximum Gasteiger partial charge on any atom is 0.215 e. The number of guanidine groups is 1. The van der Waals surface area contributed by atoms with Gasteiger partial charge in [0.25, 0.3) is 0 Å². The summed E-state index contributed by atoms with van der Waals surface area (Å²) in [5.41, 5.74) is 1.19. The molecule has 1 heterocycles. The van der Waals surface area contributed by atoms with E-state index >= 15 is 0 Å². The zero-order valence-electron chi connectivity index (χ0n) is 16.5. The number of benzene rings is 1. The highest BCUT2D eigenvalue weighted by Gasteiger charge is 2.23. The molecule has 0 aromatic heterocycles. The summed E-state index contributed by atoms with van der Waals surface area (Å²) in [6, 6.07) is 7.91. The fourth-order valence-corrected chi connectivity index (χ4v) is 4.99. The molecule has 0 bridgehead atoms. The lowest BCUT2D eigenvalue weighted by Crippen LogP contribution is -2.41. The van der Waals surface area contributed by atoms with Crippen molar-refractivity contribution in [2.45, 2.75) is 13.8 Å². The molecule has 160 valence electrons. The average Bonchev–Trinajstić information content (AvgIpc) is 2.67. The van der Waals surface area contributed by atoms with Crippen LogP contribution in [0.3, 0.4) is 0 Å². The van der Waals surface area contributed by atoms with Crippen molar-refractivity contribution in [1.29, 1.82) is 0 Å². The lowest BCUT2D eigenvalue weighted by molar-refractivity contribution is 0.322. The molecule has 2 rings (SSSR count). The van der Waals surface area contributed by atoms with Crippen LogP contribution in [0, 0.1) is 6.92 Å². The molecular formula is C18H31IN4O3S2. The van der Waals surface area contributed by atoms with E-state index in [9.17, 15) is 8.42 Å². The van der Waals surface area contributed by atoms with Crippen molar-refractivity contribution in [2.24, 2.45) is 4.99 Å². The van der Waals surface area contributed by atoms with E-state index < -0.39 is 10.0 Å². The molecule has 10 heteroatoms. The van der Waals surface area contributed by atoms with E-state index in [0.717, 1.165) is 17.3 Å². The Bertz CT molecular complexity index is 693. The van der Waals surface area contributed by atoms with Crippen molar-refractivity contribution in [1.82, 2.24) is 14.9 Å². The second-order valence-corrected chi connectivity index (χ2v) is 9.49. The Balaban J connectivity index is 0.00000392. The van der Waals surface area contributed by atoms with Gasteiger partial charge in [0.2, 0.25) is 10.0 Å². The molecule has 1 aromatic rings. The number of thioether (sulfide) groups is 1. The van der Waals surface area contributed by atoms with Gasteiger partial charge in [-0.1, -0.05) is 17.7 Å². The van der Waals surface area contributed by atoms with E-state index in [4.69, 9.17) is 4.74 Å². The first-order valence-electron chi connectivity index (χ1n) is 9.28. The van der Waals surface area contributed by atoms with Gasteiger partial charge >= 0.3 is 0 Å². The minimum Gasteiger partial charge on any atom is -0.492 e. The number of rotatable bonds is 9. The quantitative estimate of drug-likeness (QED) is 0.215. The van der Waals surface area contributed by atoms with Crippen LogP contribution in [-0.4, -0.2) is 75.3 Å². The molecule has 7 nitrogen and oxygen atoms in total. The first kappa shape index (κ1) is 25.3. The van der Waals surface area contributed by atoms with Gasteiger partial charge in [-0.3, -0.25) is 4.99 Å². The normalized spacial score (nSPS) is 15.6. The minimum absolute atomic E-state index is 0. The molecule has 0 radical (unpaired) electrons. The monoisotopic (exact) mass is 542 g/mol. The zero-order valence-corrected chi connectivity index (χ0v) is 20.5. The van der Waals surface area contributed by atoms with Gasteiger partial charge in [-0.2, -0.15) is 11.8 Å². The Labute approximate surface area is 190 Å². The standard InChI is InChI=1S/C18H30N4O3S2.HI/c1-3-19-18(20-8-12-25-17-6-4-16(2)5-7-17)21-9-15-27(23,24)22-10-13-26-14-11-22;/h4-7H,3,8-15H2,1-2H3,(H2,19,20,21);1H. The van der Waals surface area contributed by atoms with Crippen molar-refractivity contribution < 1.29 is 13.2 Å². The summed E-state index contributed by atoms with van der Waals surface area (Å²) in [6.45, 7) is 7.24. The molecule has 1 fully saturated rings. The largest absolute Gasteiger partial charge is 0.492 e. The Hall–Kier alpha value is -0.720. The average molecular weight is 543 g/mol. The van der Waals surface area contributed by atoms with Gasteiger partial charge in [0, 0.05) is 31.1 Å². The number of hydrogen-bond donors (Lipinski definition) is 2. The lowest BCUT2D eigenvalue weighted by Gasteiger charge is -2.25. The topological polar surface area (TPSA) is 83.0 Å². The van der Waals surface area contributed by atoms with Crippen LogP contribution in [0.1, 0.15) is 12.5 Å². The number of aryl methyl sites for hydroxylation is 1. The fourth-order valence-electron chi connectivity index (χ4n) is 2.54. The predicted molar refractivity (Wildman–Crippen MR) is 129 cm³/mol. The van der Waals surface area contributed by atoms with Crippen molar-refractivity contribution in [3.63, 3.8) is 0 Å². The van der Waals surface area contributed by atoms with Gasteiger partial charge in [0.15, 0.2) is 5.96 Å². The van der Waals surface area contributed by atoms with Crippen molar-refractivity contribution in [2.75, 3.05) is 56.6 Å². The van der Waals surface area contributed by atoms with Crippen LogP contribution in [0.25, 0.3) is 0 Å². The second kappa shape index (κ2) is 13.5. The van der Waals surface area contributed by atoms with Crippen LogP contribution in [-0.2, 0) is 10.0 Å². The molecule has 0 aliphatic carbocycles. The Morgan fingerprint density at radius 3 is 2.54 bits per heavy atom. The molecule has 28 heavy (non-hydrogen) atoms. The number of ether oxygens (including phenoxy) is 1. The van der Waals surface area contributed by atoms with Crippen LogP contribution in [0.5, 0.6) is 5.75 Å². The van der Waals surface area contributed by atoms with Crippen LogP contribution < -0.4 is 15.4 Å². The number of aliphatic imine (C=N–C) groups is 1. The van der Waals surface area contributed by atoms with Crippen molar-refractivity contribution in [3.05, 3.63) is 29.8 Å². The van der Waals surface area contributed by atoms with Gasteiger partial charge in [-0.15, -0.1) is 24.0 Å². The fraction of sp³-hybridized carbons (Fsp3) is 0.611. The highest BCUT2D eigenvalue weighted by molar-refractivity contribution is 14.0. The van der Waals surface area contributed by atoms with E-state index in [0.29, 0.717) is 38.7 Å². The molecule has 0 saturated carbocycles. The van der Waals surface area contributed by atoms with Crippen LogP contribution in [0.15, 0.2) is 29.3 Å². The molecule has 0 atom stereocenters. The smallest absolute Gasteiger partial charge is 0.215 e. The van der Waals surface area contributed by atoms with Gasteiger partial charge in [-0.05, 0) is 26.0 Å². The molecule has 2 N–H and O–H groups in total. The summed E-state index contributed by atoms with van der Waals surface area (Å²) in [7, 11) is -3.23. The summed E-state index contributed by atoms with van der Waals surface area (Å²) in [6.07, 6.45) is 0. The molecule has 1 saturated heterocycles. The molecule has 1 aromatic carbocycles. The molecule has 1 aliphatic heterocycles. The predicted octanol–water partition coefficient (Wildman–Crippen LogP) is 1.93. The van der Waals surface area contributed by atoms with Gasteiger partial charge in [-0.25, -0.2) is 12.7 Å². The third-order valence-corrected chi connectivity index (χ3v) is 6.80. The number of nitrogens with zero attached hydrogens (tertiary/aromatic N) is 2. The van der Waals surface area contributed by atoms with Crippen LogP contribution in [0.2, 0.25) is 0 Å². The second-order valence-electron chi connectivity index (χ2n) is 6.18. The zero-order chi connectivity index (χ0) is 19.5. The van der Waals surface area contributed by atoms with Crippen molar-refractivity contribution >= 4 is 51.7 Å². The summed E-state index contributed by atoms with van der Waals surface area (Å²) in [5, 5.41) is 6.30. The molecule has 0 unspecified atom stereocenters. The molecular weight excluding hydrogens is 511 g/mol. The lowest BCUT2D eigenvalue weighted by atomic mass is 10.2. The first-order chi connectivity index (χ1) is 13.0. The summed E-state index contributed by atoms with van der Waals surface area (Å²) in [4.78, 5) is 4.38. The Morgan fingerprint density at radius 1 is 1.21 bits per heavy atom. The number of halogens is 1. The molecule has 0 amide bonds. The number of hydrogen-bond acceptors (Lipinski definition) is 5. The third kappa shape index (κ3) is 9.19.